The Morgan fingerprint density at radius 3 is 2.55 bits per heavy atom. The number of aliphatic hydroxyl groups is 3. The highest BCUT2D eigenvalue weighted by molar-refractivity contribution is 7.54. The predicted octanol–water partition coefficient (Wildman–Crippen LogP) is 0.618. The molecular formula is C18H29N4O8P. The molecule has 3 heterocycles. The van der Waals surface area contributed by atoms with Crippen molar-refractivity contribution >= 4 is 18.8 Å². The zero-order chi connectivity index (χ0) is 23.2. The van der Waals surface area contributed by atoms with Crippen LogP contribution in [0.25, 0.3) is 11.2 Å². The molecule has 0 spiro atoms. The standard InChI is InChI=1S/C18H29N4O8P/c1-5-17(3,30-31(27,28)18(4,26)6-2)7-10-12(23)13(24)16(29-10)22-9-21-11-14(22)19-8-20-15(11)25/h8-10,12-13,16,23-24,26H,5-7H2,1-4H3,(H,27,28)(H,19,20,25)/t10-,12-,13-,16?,17?,18-/m1/s1. The van der Waals surface area contributed by atoms with Crippen LogP contribution in [0.3, 0.4) is 0 Å². The fraction of sp³-hybridized carbons (Fsp3) is 0.722. The molecule has 13 heteroatoms. The number of H-pyrrole nitrogens is 1. The Bertz CT molecular complexity index is 1040. The summed E-state index contributed by atoms with van der Waals surface area (Å²) in [6, 6.07) is 0. The highest BCUT2D eigenvalue weighted by atomic mass is 31.2. The summed E-state index contributed by atoms with van der Waals surface area (Å²) in [5.41, 5.74) is -1.47. The monoisotopic (exact) mass is 460 g/mol. The van der Waals surface area contributed by atoms with E-state index in [0.717, 1.165) is 0 Å². The minimum absolute atomic E-state index is 0.00372. The minimum atomic E-state index is -4.43. The Morgan fingerprint density at radius 1 is 1.26 bits per heavy atom. The van der Waals surface area contributed by atoms with E-state index in [1.165, 1.54) is 24.1 Å². The molecule has 1 saturated heterocycles. The molecule has 3 rings (SSSR count). The summed E-state index contributed by atoms with van der Waals surface area (Å²) in [5.74, 6) is 0. The summed E-state index contributed by atoms with van der Waals surface area (Å²) >= 11 is 0. The van der Waals surface area contributed by atoms with Gasteiger partial charge in [-0.05, 0) is 26.7 Å². The highest BCUT2D eigenvalue weighted by Crippen LogP contribution is 2.59. The van der Waals surface area contributed by atoms with Crippen LogP contribution in [0, 0.1) is 0 Å². The lowest BCUT2D eigenvalue weighted by atomic mass is 9.93. The van der Waals surface area contributed by atoms with Crippen molar-refractivity contribution in [3.8, 4) is 0 Å². The molecule has 7 atom stereocenters. The zero-order valence-corrected chi connectivity index (χ0v) is 18.7. The first-order valence-corrected chi connectivity index (χ1v) is 11.6. The molecule has 1 aliphatic rings. The molecule has 5 N–H and O–H groups in total. The van der Waals surface area contributed by atoms with Gasteiger partial charge in [-0.15, -0.1) is 0 Å². The lowest BCUT2D eigenvalue weighted by Crippen LogP contribution is -2.40. The van der Waals surface area contributed by atoms with Crippen LogP contribution < -0.4 is 5.56 Å². The Balaban J connectivity index is 1.84. The van der Waals surface area contributed by atoms with Crippen LogP contribution in [-0.2, 0) is 13.8 Å². The van der Waals surface area contributed by atoms with Gasteiger partial charge < -0.3 is 34.5 Å². The van der Waals surface area contributed by atoms with E-state index in [4.69, 9.17) is 9.26 Å². The first-order chi connectivity index (χ1) is 14.4. The van der Waals surface area contributed by atoms with E-state index in [1.807, 2.05) is 0 Å². The number of hydrogen-bond donors (Lipinski definition) is 5. The van der Waals surface area contributed by atoms with Gasteiger partial charge in [0.1, 0.15) is 12.2 Å². The summed E-state index contributed by atoms with van der Waals surface area (Å²) in [6.45, 7) is 6.10. The van der Waals surface area contributed by atoms with Crippen LogP contribution in [0.5, 0.6) is 0 Å². The maximum Gasteiger partial charge on any atom is 0.359 e. The number of ether oxygens (including phenoxy) is 1. The maximum absolute atomic E-state index is 12.7. The molecular weight excluding hydrogens is 431 g/mol. The van der Waals surface area contributed by atoms with E-state index < -0.39 is 48.6 Å². The number of hydrogen-bond acceptors (Lipinski definition) is 9. The zero-order valence-electron chi connectivity index (χ0n) is 17.8. The van der Waals surface area contributed by atoms with Gasteiger partial charge in [-0.1, -0.05) is 13.8 Å². The normalized spacial score (nSPS) is 30.1. The van der Waals surface area contributed by atoms with Crippen LogP contribution in [0.15, 0.2) is 17.4 Å². The molecule has 0 radical (unpaired) electrons. The third kappa shape index (κ3) is 4.34. The van der Waals surface area contributed by atoms with Crippen molar-refractivity contribution in [2.75, 3.05) is 0 Å². The fourth-order valence-electron chi connectivity index (χ4n) is 3.45. The van der Waals surface area contributed by atoms with Crippen LogP contribution in [0.1, 0.15) is 53.2 Å². The second-order valence-electron chi connectivity index (χ2n) is 8.29. The topological polar surface area (TPSA) is 180 Å². The van der Waals surface area contributed by atoms with Gasteiger partial charge in [-0.2, -0.15) is 0 Å². The minimum Gasteiger partial charge on any atom is -0.388 e. The molecule has 2 aromatic rings. The number of nitrogens with one attached hydrogen (secondary N) is 1. The van der Waals surface area contributed by atoms with E-state index >= 15 is 0 Å². The van der Waals surface area contributed by atoms with E-state index in [9.17, 15) is 29.6 Å². The van der Waals surface area contributed by atoms with Gasteiger partial charge in [0.2, 0.25) is 0 Å². The molecule has 0 amide bonds. The Hall–Kier alpha value is -1.66. The lowest BCUT2D eigenvalue weighted by molar-refractivity contribution is -0.0689. The molecule has 0 bridgehead atoms. The van der Waals surface area contributed by atoms with Crippen molar-refractivity contribution < 1.29 is 34.0 Å². The van der Waals surface area contributed by atoms with Gasteiger partial charge in [-0.3, -0.25) is 13.9 Å². The second kappa shape index (κ2) is 8.36. The van der Waals surface area contributed by atoms with Gasteiger partial charge >= 0.3 is 7.60 Å². The van der Waals surface area contributed by atoms with Crippen molar-refractivity contribution in [1.29, 1.82) is 0 Å². The number of nitrogens with zero attached hydrogens (tertiary/aromatic N) is 3. The molecule has 0 saturated carbocycles. The summed E-state index contributed by atoms with van der Waals surface area (Å²) in [4.78, 5) is 32.6. The van der Waals surface area contributed by atoms with Crippen molar-refractivity contribution in [3.63, 3.8) is 0 Å². The molecule has 174 valence electrons. The molecule has 12 nitrogen and oxygen atoms in total. The van der Waals surface area contributed by atoms with Gasteiger partial charge in [0, 0.05) is 6.42 Å². The molecule has 31 heavy (non-hydrogen) atoms. The predicted molar refractivity (Wildman–Crippen MR) is 109 cm³/mol. The third-order valence-corrected chi connectivity index (χ3v) is 8.20. The van der Waals surface area contributed by atoms with Crippen LogP contribution >= 0.6 is 7.60 Å². The molecule has 1 fully saturated rings. The molecule has 0 aromatic carbocycles. The number of rotatable bonds is 8. The van der Waals surface area contributed by atoms with Crippen molar-refractivity contribution in [2.24, 2.45) is 0 Å². The Kier molecular flexibility index (Phi) is 6.47. The quantitative estimate of drug-likeness (QED) is 0.350. The molecule has 0 aliphatic carbocycles. The van der Waals surface area contributed by atoms with Crippen molar-refractivity contribution in [3.05, 3.63) is 23.0 Å². The number of aromatic amines is 1. The largest absolute Gasteiger partial charge is 0.388 e. The lowest BCUT2D eigenvalue weighted by Gasteiger charge is -2.37. The highest BCUT2D eigenvalue weighted by Gasteiger charge is 2.50. The van der Waals surface area contributed by atoms with Gasteiger partial charge in [0.05, 0.1) is 24.4 Å². The summed E-state index contributed by atoms with van der Waals surface area (Å²) in [6.07, 6.45) is -2.05. The Morgan fingerprint density at radius 2 is 1.94 bits per heavy atom. The van der Waals surface area contributed by atoms with Gasteiger partial charge in [0.15, 0.2) is 22.7 Å². The van der Waals surface area contributed by atoms with Crippen LogP contribution in [0.2, 0.25) is 0 Å². The molecule has 1 aliphatic heterocycles. The molecule has 2 aromatic heterocycles. The Labute approximate surface area is 178 Å². The van der Waals surface area contributed by atoms with Crippen LogP contribution in [0.4, 0.5) is 0 Å². The first-order valence-electron chi connectivity index (χ1n) is 10.0. The smallest absolute Gasteiger partial charge is 0.359 e. The summed E-state index contributed by atoms with van der Waals surface area (Å²) in [5, 5.41) is 29.5. The van der Waals surface area contributed by atoms with Crippen LogP contribution in [-0.4, -0.2) is 69.0 Å². The summed E-state index contributed by atoms with van der Waals surface area (Å²) in [7, 11) is -4.43. The van der Waals surface area contributed by atoms with Crippen molar-refractivity contribution in [2.45, 2.75) is 82.4 Å². The average molecular weight is 460 g/mol. The number of imidazole rings is 1. The fourth-order valence-corrected chi connectivity index (χ4v) is 4.84. The number of fused-ring (bicyclic) bond motifs is 1. The second-order valence-corrected chi connectivity index (χ2v) is 10.5. The van der Waals surface area contributed by atoms with Crippen molar-refractivity contribution in [1.82, 2.24) is 19.5 Å². The van der Waals surface area contributed by atoms with Gasteiger partial charge in [0.25, 0.3) is 5.56 Å². The van der Waals surface area contributed by atoms with E-state index in [1.54, 1.807) is 20.8 Å². The maximum atomic E-state index is 12.7. The third-order valence-electron chi connectivity index (χ3n) is 5.98. The SMILES string of the molecule is CCC(C)(C[C@H]1OC(n2cnc3c(=O)[nH]cnc32)[C@H](O)[C@@H]1O)OP(=O)(O)[C@@](C)(O)CC. The molecule has 3 unspecified atom stereocenters. The van der Waals surface area contributed by atoms with E-state index in [2.05, 4.69) is 15.0 Å². The van der Waals surface area contributed by atoms with Gasteiger partial charge in [-0.25, -0.2) is 9.97 Å². The first kappa shape index (κ1) is 24.0. The van der Waals surface area contributed by atoms with E-state index in [-0.39, 0.29) is 30.4 Å². The summed E-state index contributed by atoms with van der Waals surface area (Å²) < 4.78 is 25.4. The average Bonchev–Trinajstić information content (AvgIpc) is 3.25. The number of aliphatic hydroxyl groups excluding tert-OH is 2. The van der Waals surface area contributed by atoms with E-state index in [0.29, 0.717) is 0 Å². The number of aromatic nitrogens is 4.